The normalized spacial score (nSPS) is 15.7. The lowest BCUT2D eigenvalue weighted by atomic mass is 9.91. The van der Waals surface area contributed by atoms with Gasteiger partial charge < -0.3 is 10.2 Å². The van der Waals surface area contributed by atoms with E-state index >= 15 is 0 Å². The summed E-state index contributed by atoms with van der Waals surface area (Å²) in [5.74, 6) is -2.76. The third-order valence-corrected chi connectivity index (χ3v) is 8.59. The number of halogens is 9. The molecule has 1 fully saturated rings. The van der Waals surface area contributed by atoms with Crippen LogP contribution in [-0.2, 0) is 27.0 Å². The zero-order valence-electron chi connectivity index (χ0n) is 22.7. The van der Waals surface area contributed by atoms with Crippen molar-refractivity contribution in [1.29, 1.82) is 0 Å². The van der Waals surface area contributed by atoms with Crippen LogP contribution >= 0.6 is 0 Å². The third kappa shape index (κ3) is 8.30. The molecule has 2 N–H and O–H groups in total. The van der Waals surface area contributed by atoms with Gasteiger partial charge in [-0.25, -0.2) is 13.2 Å². The van der Waals surface area contributed by atoms with Gasteiger partial charge in [0.1, 0.15) is 0 Å². The number of hydrogen-bond acceptors (Lipinski definition) is 6. The molecule has 0 bridgehead atoms. The zero-order valence-corrected chi connectivity index (χ0v) is 23.6. The fourth-order valence-corrected chi connectivity index (χ4v) is 5.66. The van der Waals surface area contributed by atoms with Crippen molar-refractivity contribution in [2.45, 2.75) is 35.6 Å². The van der Waals surface area contributed by atoms with Gasteiger partial charge in [0.2, 0.25) is 10.0 Å². The second-order valence-electron chi connectivity index (χ2n) is 9.65. The van der Waals surface area contributed by atoms with Gasteiger partial charge in [-0.05, 0) is 41.0 Å². The number of alkyl halides is 9. The summed E-state index contributed by atoms with van der Waals surface area (Å²) in [5, 5.41) is 16.7. The number of rotatable bonds is 6. The Balaban J connectivity index is 0.000000707. The van der Waals surface area contributed by atoms with Crippen LogP contribution in [0.25, 0.3) is 11.1 Å². The summed E-state index contributed by atoms with van der Waals surface area (Å²) >= 11 is 0. The molecule has 0 atom stereocenters. The van der Waals surface area contributed by atoms with Gasteiger partial charge in [0, 0.05) is 50.7 Å². The van der Waals surface area contributed by atoms with Gasteiger partial charge in [-0.1, -0.05) is 36.4 Å². The smallest absolute Gasteiger partial charge is 0.475 e. The number of aliphatic carboxylic acids is 1. The predicted octanol–water partition coefficient (Wildman–Crippen LogP) is 5.20. The third-order valence-electron chi connectivity index (χ3n) is 6.68. The molecule has 0 amide bonds. The van der Waals surface area contributed by atoms with Crippen LogP contribution in [0.4, 0.5) is 39.5 Å². The standard InChI is InChI=1S/C25H23F6N3O3S.C2HF3O2/c26-24(27,28)23(35,25(29,30)31)21-5-1-19(2-6-21)20-3-7-22(8-4-20)38(36,37)34-15-13-33(14-16-34)17-18-9-11-32-12-10-18;3-2(4,5)1(6)7/h1-12,35H,13-17H2;(H,6,7). The first-order valence-electron chi connectivity index (χ1n) is 12.7. The lowest BCUT2D eigenvalue weighted by Gasteiger charge is -2.34. The summed E-state index contributed by atoms with van der Waals surface area (Å²) in [6.07, 6.45) is -13.7. The maximum Gasteiger partial charge on any atom is 0.490 e. The fraction of sp³-hybridized carbons (Fsp3) is 0.333. The average Bonchev–Trinajstić information content (AvgIpc) is 2.96. The quantitative estimate of drug-likeness (QED) is 0.346. The summed E-state index contributed by atoms with van der Waals surface area (Å²) < 4.78 is 138. The van der Waals surface area contributed by atoms with E-state index in [9.17, 15) is 53.0 Å². The van der Waals surface area contributed by atoms with Gasteiger partial charge in [-0.15, -0.1) is 0 Å². The number of aliphatic hydroxyl groups is 1. The number of pyridine rings is 1. The Bertz CT molecular complexity index is 1520. The van der Waals surface area contributed by atoms with Crippen LogP contribution < -0.4 is 0 Å². The van der Waals surface area contributed by atoms with E-state index in [-0.39, 0.29) is 23.5 Å². The molecule has 1 aliphatic heterocycles. The first kappa shape index (κ1) is 35.7. The van der Waals surface area contributed by atoms with E-state index < -0.39 is 45.7 Å². The molecular weight excluding hydrogens is 649 g/mol. The van der Waals surface area contributed by atoms with Crippen molar-refractivity contribution in [3.63, 3.8) is 0 Å². The number of benzene rings is 2. The van der Waals surface area contributed by atoms with Crippen LogP contribution in [-0.4, -0.2) is 83.5 Å². The van der Waals surface area contributed by atoms with Gasteiger partial charge >= 0.3 is 24.5 Å². The highest BCUT2D eigenvalue weighted by Crippen LogP contribution is 2.50. The van der Waals surface area contributed by atoms with Crippen molar-refractivity contribution in [1.82, 2.24) is 14.2 Å². The maximum absolute atomic E-state index is 13.1. The number of carboxylic acid groups (broad SMARTS) is 1. The molecule has 246 valence electrons. The van der Waals surface area contributed by atoms with Gasteiger partial charge in [0.15, 0.2) is 0 Å². The first-order chi connectivity index (χ1) is 20.7. The van der Waals surface area contributed by atoms with Crippen molar-refractivity contribution in [2.24, 2.45) is 0 Å². The molecule has 8 nitrogen and oxygen atoms in total. The van der Waals surface area contributed by atoms with E-state index in [0.717, 1.165) is 17.7 Å². The number of sulfonamides is 1. The molecule has 0 spiro atoms. The number of hydrogen-bond donors (Lipinski definition) is 2. The van der Waals surface area contributed by atoms with E-state index in [4.69, 9.17) is 9.90 Å². The molecule has 0 saturated carbocycles. The van der Waals surface area contributed by atoms with Crippen molar-refractivity contribution < 1.29 is 62.9 Å². The lowest BCUT2D eigenvalue weighted by molar-refractivity contribution is -0.376. The number of carbonyl (C=O) groups is 1. The molecule has 18 heteroatoms. The van der Waals surface area contributed by atoms with Gasteiger partial charge in [-0.3, -0.25) is 9.88 Å². The Morgan fingerprint density at radius 3 is 1.56 bits per heavy atom. The summed E-state index contributed by atoms with van der Waals surface area (Å²) in [6.45, 7) is 2.32. The van der Waals surface area contributed by atoms with Crippen LogP contribution in [0.1, 0.15) is 11.1 Å². The maximum atomic E-state index is 13.1. The number of aromatic nitrogens is 1. The molecule has 0 radical (unpaired) electrons. The molecule has 45 heavy (non-hydrogen) atoms. The second-order valence-corrected chi connectivity index (χ2v) is 11.6. The summed E-state index contributed by atoms with van der Waals surface area (Å²) in [4.78, 5) is 15.0. The monoisotopic (exact) mass is 673 g/mol. The van der Waals surface area contributed by atoms with Crippen molar-refractivity contribution >= 4 is 16.0 Å². The lowest BCUT2D eigenvalue weighted by Crippen LogP contribution is -2.53. The molecule has 1 aromatic heterocycles. The molecule has 4 rings (SSSR count). The van der Waals surface area contributed by atoms with Gasteiger partial charge in [0.05, 0.1) is 4.90 Å². The molecular formula is C27H24F9N3O5S. The highest BCUT2D eigenvalue weighted by molar-refractivity contribution is 7.89. The Labute approximate surface area is 250 Å². The minimum absolute atomic E-state index is 0.0176. The van der Waals surface area contributed by atoms with E-state index in [1.807, 2.05) is 12.1 Å². The zero-order chi connectivity index (χ0) is 33.8. The van der Waals surface area contributed by atoms with Crippen LogP contribution in [0, 0.1) is 0 Å². The summed E-state index contributed by atoms with van der Waals surface area (Å²) in [7, 11) is -3.80. The van der Waals surface area contributed by atoms with Crippen LogP contribution in [0.5, 0.6) is 0 Å². The Morgan fingerprint density at radius 1 is 0.733 bits per heavy atom. The predicted molar refractivity (Wildman–Crippen MR) is 140 cm³/mol. The van der Waals surface area contributed by atoms with Crippen molar-refractivity contribution in [3.8, 4) is 11.1 Å². The number of nitrogens with zero attached hydrogens (tertiary/aromatic N) is 3. The molecule has 0 aliphatic carbocycles. The summed E-state index contributed by atoms with van der Waals surface area (Å²) in [5.41, 5.74) is -4.70. The largest absolute Gasteiger partial charge is 0.490 e. The second kappa shape index (κ2) is 13.3. The molecule has 3 aromatic rings. The topological polar surface area (TPSA) is 111 Å². The Morgan fingerprint density at radius 2 is 1.16 bits per heavy atom. The minimum Gasteiger partial charge on any atom is -0.475 e. The van der Waals surface area contributed by atoms with Gasteiger partial charge in [0.25, 0.3) is 5.60 Å². The number of carboxylic acids is 1. The van der Waals surface area contributed by atoms with Crippen LogP contribution in [0.2, 0.25) is 0 Å². The highest BCUT2D eigenvalue weighted by atomic mass is 32.2. The van der Waals surface area contributed by atoms with Crippen LogP contribution in [0.3, 0.4) is 0 Å². The van der Waals surface area contributed by atoms with Crippen molar-refractivity contribution in [2.75, 3.05) is 26.2 Å². The van der Waals surface area contributed by atoms with Gasteiger partial charge in [-0.2, -0.15) is 43.8 Å². The molecule has 2 heterocycles. The Hall–Kier alpha value is -3.74. The Kier molecular flexibility index (Phi) is 10.6. The van der Waals surface area contributed by atoms with E-state index in [2.05, 4.69) is 9.88 Å². The van der Waals surface area contributed by atoms with Crippen molar-refractivity contribution in [3.05, 3.63) is 84.2 Å². The van der Waals surface area contributed by atoms with E-state index in [0.29, 0.717) is 37.3 Å². The van der Waals surface area contributed by atoms with E-state index in [1.54, 1.807) is 12.4 Å². The van der Waals surface area contributed by atoms with E-state index in [1.165, 1.54) is 28.6 Å². The molecule has 1 aliphatic rings. The van der Waals surface area contributed by atoms with Crippen LogP contribution in [0.15, 0.2) is 78.0 Å². The average molecular weight is 674 g/mol. The molecule has 1 saturated heterocycles. The fourth-order valence-electron chi connectivity index (χ4n) is 4.23. The summed E-state index contributed by atoms with van der Waals surface area (Å²) in [6, 6.07) is 12.4. The highest BCUT2D eigenvalue weighted by Gasteiger charge is 2.71. The minimum atomic E-state index is -5.98. The molecule has 2 aromatic carbocycles. The molecule has 0 unspecified atom stereocenters. The SMILES string of the molecule is O=C(O)C(F)(F)F.O=S(=O)(c1ccc(-c2ccc(C(O)(C(F)(F)F)C(F)(F)F)cc2)cc1)N1CCN(Cc2ccncc2)CC1. The number of piperazine rings is 1. The first-order valence-corrected chi connectivity index (χ1v) is 14.1.